The van der Waals surface area contributed by atoms with Gasteiger partial charge in [0.15, 0.2) is 6.61 Å². The van der Waals surface area contributed by atoms with Gasteiger partial charge in [-0.1, -0.05) is 37.3 Å². The Labute approximate surface area is 205 Å². The summed E-state index contributed by atoms with van der Waals surface area (Å²) in [6, 6.07) is 16.6. The zero-order valence-corrected chi connectivity index (χ0v) is 20.4. The standard InChI is InChI=1S/C26H34N4O5/c1-18-13-23(32)29-30-25(18)21-11-7-8-12-22(21)35-16-24(33)27-17-26(2,3)28-14-19(31)15-34-20-9-5-4-6-10-20/h4-12,18-19,28,31H,13-17H2,1-3H3,(H,27,33)(H,29,32). The summed E-state index contributed by atoms with van der Waals surface area (Å²) in [5.41, 5.74) is 3.53. The Bertz CT molecular complexity index is 1030. The first-order valence-corrected chi connectivity index (χ1v) is 11.7. The SMILES string of the molecule is CC1CC(=O)NN=C1c1ccccc1OCC(=O)NCC(C)(C)NCC(O)COc1ccccc1. The molecule has 0 spiro atoms. The van der Waals surface area contributed by atoms with Crippen molar-refractivity contribution in [1.82, 2.24) is 16.1 Å². The number of hydrogen-bond acceptors (Lipinski definition) is 7. The van der Waals surface area contributed by atoms with E-state index in [0.29, 0.717) is 31.0 Å². The second kappa shape index (κ2) is 12.3. The monoisotopic (exact) mass is 482 g/mol. The molecule has 4 N–H and O–H groups in total. The molecule has 35 heavy (non-hydrogen) atoms. The summed E-state index contributed by atoms with van der Waals surface area (Å²) in [6.45, 7) is 6.47. The molecule has 0 aromatic heterocycles. The quantitative estimate of drug-likeness (QED) is 0.366. The summed E-state index contributed by atoms with van der Waals surface area (Å²) in [7, 11) is 0. The number of aliphatic hydroxyl groups is 1. The average Bonchev–Trinajstić information content (AvgIpc) is 2.85. The molecule has 0 bridgehead atoms. The lowest BCUT2D eigenvalue weighted by Gasteiger charge is -2.28. The lowest BCUT2D eigenvalue weighted by Crippen LogP contribution is -2.52. The Morgan fingerprint density at radius 2 is 1.89 bits per heavy atom. The number of para-hydroxylation sites is 2. The minimum Gasteiger partial charge on any atom is -0.491 e. The highest BCUT2D eigenvalue weighted by Crippen LogP contribution is 2.24. The Morgan fingerprint density at radius 1 is 1.17 bits per heavy atom. The van der Waals surface area contributed by atoms with E-state index in [2.05, 4.69) is 21.2 Å². The van der Waals surface area contributed by atoms with Gasteiger partial charge < -0.3 is 25.2 Å². The molecule has 0 fully saturated rings. The van der Waals surface area contributed by atoms with Crippen LogP contribution in [0.25, 0.3) is 0 Å². The molecule has 2 atom stereocenters. The molecule has 188 valence electrons. The smallest absolute Gasteiger partial charge is 0.258 e. The normalized spacial score (nSPS) is 16.6. The first-order chi connectivity index (χ1) is 16.7. The van der Waals surface area contributed by atoms with Crippen LogP contribution in [0, 0.1) is 5.92 Å². The number of ether oxygens (including phenoxy) is 2. The number of aliphatic hydroxyl groups excluding tert-OH is 1. The van der Waals surface area contributed by atoms with Crippen molar-refractivity contribution in [2.24, 2.45) is 11.0 Å². The number of hydrazone groups is 1. The van der Waals surface area contributed by atoms with E-state index in [9.17, 15) is 14.7 Å². The molecule has 9 nitrogen and oxygen atoms in total. The van der Waals surface area contributed by atoms with E-state index in [4.69, 9.17) is 9.47 Å². The number of rotatable bonds is 12. The van der Waals surface area contributed by atoms with E-state index >= 15 is 0 Å². The van der Waals surface area contributed by atoms with Crippen LogP contribution in [-0.4, -0.2) is 60.6 Å². The van der Waals surface area contributed by atoms with Gasteiger partial charge in [0.25, 0.3) is 5.91 Å². The summed E-state index contributed by atoms with van der Waals surface area (Å²) >= 11 is 0. The maximum absolute atomic E-state index is 12.4. The fraction of sp³-hybridized carbons (Fsp3) is 0.423. The summed E-state index contributed by atoms with van der Waals surface area (Å²) in [6.07, 6.45) is -0.345. The molecule has 2 aromatic rings. The molecule has 0 aliphatic carbocycles. The highest BCUT2D eigenvalue weighted by molar-refractivity contribution is 6.07. The number of carbonyl (C=O) groups excluding carboxylic acids is 2. The first-order valence-electron chi connectivity index (χ1n) is 11.7. The van der Waals surface area contributed by atoms with Crippen molar-refractivity contribution in [3.63, 3.8) is 0 Å². The molecular formula is C26H34N4O5. The highest BCUT2D eigenvalue weighted by Gasteiger charge is 2.24. The van der Waals surface area contributed by atoms with Crippen molar-refractivity contribution < 1.29 is 24.2 Å². The number of hydrogen-bond donors (Lipinski definition) is 4. The van der Waals surface area contributed by atoms with Gasteiger partial charge in [-0.3, -0.25) is 9.59 Å². The van der Waals surface area contributed by atoms with Gasteiger partial charge >= 0.3 is 0 Å². The lowest BCUT2D eigenvalue weighted by atomic mass is 9.93. The molecule has 1 heterocycles. The summed E-state index contributed by atoms with van der Waals surface area (Å²) in [5, 5.41) is 20.5. The molecule has 1 aliphatic rings. The van der Waals surface area contributed by atoms with Crippen molar-refractivity contribution in [2.75, 3.05) is 26.3 Å². The molecule has 3 rings (SSSR count). The third-order valence-electron chi connectivity index (χ3n) is 5.51. The van der Waals surface area contributed by atoms with Crippen LogP contribution in [0.2, 0.25) is 0 Å². The third-order valence-corrected chi connectivity index (χ3v) is 5.51. The third kappa shape index (κ3) is 8.38. The van der Waals surface area contributed by atoms with Crippen LogP contribution >= 0.6 is 0 Å². The number of β-amino-alcohol motifs (C(OH)–C–C–N with tert-alkyl or cyclic N) is 1. The van der Waals surface area contributed by atoms with Crippen LogP contribution in [0.4, 0.5) is 0 Å². The van der Waals surface area contributed by atoms with Gasteiger partial charge in [-0.2, -0.15) is 5.10 Å². The molecule has 2 amide bonds. The summed E-state index contributed by atoms with van der Waals surface area (Å²) in [5.74, 6) is 0.793. The molecule has 2 aromatic carbocycles. The van der Waals surface area contributed by atoms with Crippen molar-refractivity contribution >= 4 is 17.5 Å². The van der Waals surface area contributed by atoms with Crippen molar-refractivity contribution in [1.29, 1.82) is 0 Å². The zero-order chi connectivity index (χ0) is 25.3. The van der Waals surface area contributed by atoms with E-state index in [1.807, 2.05) is 69.3 Å². The number of nitrogens with zero attached hydrogens (tertiary/aromatic N) is 1. The fourth-order valence-corrected chi connectivity index (χ4v) is 3.52. The summed E-state index contributed by atoms with van der Waals surface area (Å²) < 4.78 is 11.3. The highest BCUT2D eigenvalue weighted by atomic mass is 16.5. The Balaban J connectivity index is 1.42. The van der Waals surface area contributed by atoms with Gasteiger partial charge in [0.1, 0.15) is 24.2 Å². The number of amides is 2. The van der Waals surface area contributed by atoms with Crippen molar-refractivity contribution in [3.8, 4) is 11.5 Å². The van der Waals surface area contributed by atoms with Crippen LogP contribution in [0.1, 0.15) is 32.8 Å². The van der Waals surface area contributed by atoms with Gasteiger partial charge in [-0.15, -0.1) is 0 Å². The van der Waals surface area contributed by atoms with Crippen LogP contribution in [0.15, 0.2) is 59.7 Å². The average molecular weight is 483 g/mol. The van der Waals surface area contributed by atoms with Crippen LogP contribution < -0.4 is 25.5 Å². The largest absolute Gasteiger partial charge is 0.491 e. The second-order valence-electron chi connectivity index (χ2n) is 9.24. The van der Waals surface area contributed by atoms with E-state index in [-0.39, 0.29) is 30.9 Å². The van der Waals surface area contributed by atoms with Crippen LogP contribution in [0.5, 0.6) is 11.5 Å². The van der Waals surface area contributed by atoms with E-state index in [0.717, 1.165) is 11.3 Å². The van der Waals surface area contributed by atoms with Crippen molar-refractivity contribution in [3.05, 3.63) is 60.2 Å². The lowest BCUT2D eigenvalue weighted by molar-refractivity contribution is -0.123. The molecule has 1 aliphatic heterocycles. The predicted octanol–water partition coefficient (Wildman–Crippen LogP) is 1.85. The first kappa shape index (κ1) is 26.2. The fourth-order valence-electron chi connectivity index (χ4n) is 3.52. The van der Waals surface area contributed by atoms with E-state index < -0.39 is 11.6 Å². The van der Waals surface area contributed by atoms with E-state index in [1.165, 1.54) is 0 Å². The number of benzene rings is 2. The second-order valence-corrected chi connectivity index (χ2v) is 9.24. The van der Waals surface area contributed by atoms with Gasteiger partial charge in [-0.25, -0.2) is 5.43 Å². The Kier molecular flexibility index (Phi) is 9.22. The topological polar surface area (TPSA) is 121 Å². The molecule has 9 heteroatoms. The molecule has 0 saturated heterocycles. The molecule has 0 radical (unpaired) electrons. The molecule has 2 unspecified atom stereocenters. The van der Waals surface area contributed by atoms with Gasteiger partial charge in [0.2, 0.25) is 5.91 Å². The minimum atomic E-state index is -0.695. The van der Waals surface area contributed by atoms with Crippen molar-refractivity contribution in [2.45, 2.75) is 38.8 Å². The number of nitrogens with one attached hydrogen (secondary N) is 3. The Morgan fingerprint density at radius 3 is 2.63 bits per heavy atom. The zero-order valence-electron chi connectivity index (χ0n) is 20.4. The van der Waals surface area contributed by atoms with Gasteiger partial charge in [0, 0.05) is 36.5 Å². The van der Waals surface area contributed by atoms with Gasteiger partial charge in [-0.05, 0) is 38.1 Å². The molecule has 0 saturated carbocycles. The van der Waals surface area contributed by atoms with Gasteiger partial charge in [0.05, 0.1) is 5.71 Å². The Hall–Kier alpha value is -3.43. The maximum Gasteiger partial charge on any atom is 0.258 e. The van der Waals surface area contributed by atoms with E-state index in [1.54, 1.807) is 6.07 Å². The number of carbonyl (C=O) groups is 2. The minimum absolute atomic E-state index is 0.0531. The van der Waals surface area contributed by atoms with Crippen LogP contribution in [-0.2, 0) is 9.59 Å². The summed E-state index contributed by atoms with van der Waals surface area (Å²) in [4.78, 5) is 24.0. The van der Waals surface area contributed by atoms with Crippen LogP contribution in [0.3, 0.4) is 0 Å². The maximum atomic E-state index is 12.4. The predicted molar refractivity (Wildman–Crippen MR) is 133 cm³/mol. The molecular weight excluding hydrogens is 448 g/mol.